The summed E-state index contributed by atoms with van der Waals surface area (Å²) in [5.74, 6) is 1.26. The molecule has 0 bridgehead atoms. The van der Waals surface area contributed by atoms with Crippen molar-refractivity contribution >= 4 is 11.8 Å². The fraction of sp³-hybridized carbons (Fsp3) is 0.364. The van der Waals surface area contributed by atoms with E-state index in [1.807, 2.05) is 36.4 Å². The van der Waals surface area contributed by atoms with Crippen molar-refractivity contribution in [1.82, 2.24) is 10.2 Å². The number of nitrogens with zero attached hydrogens (tertiary/aromatic N) is 1. The molecule has 28 heavy (non-hydrogen) atoms. The molecule has 0 aliphatic carbocycles. The molecule has 2 aromatic carbocycles. The highest BCUT2D eigenvalue weighted by Crippen LogP contribution is 2.35. The Balaban J connectivity index is 1.52. The number of hydrogen-bond acceptors (Lipinski definition) is 4. The summed E-state index contributed by atoms with van der Waals surface area (Å²) < 4.78 is 10.8. The van der Waals surface area contributed by atoms with Gasteiger partial charge in [0, 0.05) is 18.7 Å². The Kier molecular flexibility index (Phi) is 5.19. The number of fused-ring (bicyclic) bond motifs is 2. The summed E-state index contributed by atoms with van der Waals surface area (Å²) in [6.07, 6.45) is 2.56. The molecule has 0 saturated heterocycles. The predicted octanol–water partition coefficient (Wildman–Crippen LogP) is 3.07. The minimum absolute atomic E-state index is 0.0908. The SMILES string of the molecule is CCCCNC(=O)C1c2ccccc2C(=O)N1CCc1ccc2c(c1)OCO2. The molecule has 6 nitrogen and oxygen atoms in total. The summed E-state index contributed by atoms with van der Waals surface area (Å²) in [7, 11) is 0. The number of hydrogen-bond donors (Lipinski definition) is 1. The molecule has 6 heteroatoms. The number of carbonyl (C=O) groups excluding carboxylic acids is 2. The Hall–Kier alpha value is -3.02. The smallest absolute Gasteiger partial charge is 0.255 e. The quantitative estimate of drug-likeness (QED) is 0.750. The van der Waals surface area contributed by atoms with Gasteiger partial charge in [0.2, 0.25) is 12.7 Å². The molecule has 0 aromatic heterocycles. The fourth-order valence-electron chi connectivity index (χ4n) is 3.71. The van der Waals surface area contributed by atoms with Gasteiger partial charge in [-0.1, -0.05) is 37.6 Å². The third-order valence-corrected chi connectivity index (χ3v) is 5.21. The normalized spacial score (nSPS) is 17.0. The second-order valence-electron chi connectivity index (χ2n) is 7.07. The lowest BCUT2D eigenvalue weighted by Gasteiger charge is -2.24. The zero-order valence-electron chi connectivity index (χ0n) is 15.9. The average molecular weight is 380 g/mol. The first-order valence-electron chi connectivity index (χ1n) is 9.75. The van der Waals surface area contributed by atoms with Crippen LogP contribution in [0.25, 0.3) is 0 Å². The molecule has 0 spiro atoms. The maximum atomic E-state index is 13.0. The van der Waals surface area contributed by atoms with Crippen LogP contribution in [0.15, 0.2) is 42.5 Å². The Bertz CT molecular complexity index is 896. The van der Waals surface area contributed by atoms with Gasteiger partial charge in [-0.05, 0) is 42.2 Å². The van der Waals surface area contributed by atoms with Crippen molar-refractivity contribution in [3.63, 3.8) is 0 Å². The van der Waals surface area contributed by atoms with Gasteiger partial charge in [-0.15, -0.1) is 0 Å². The number of rotatable bonds is 7. The highest BCUT2D eigenvalue weighted by atomic mass is 16.7. The van der Waals surface area contributed by atoms with E-state index >= 15 is 0 Å². The van der Waals surface area contributed by atoms with Crippen LogP contribution in [0.1, 0.15) is 47.3 Å². The van der Waals surface area contributed by atoms with Gasteiger partial charge < -0.3 is 19.7 Å². The Morgan fingerprint density at radius 1 is 1.18 bits per heavy atom. The van der Waals surface area contributed by atoms with Crippen molar-refractivity contribution in [1.29, 1.82) is 0 Å². The molecular formula is C22H24N2O4. The van der Waals surface area contributed by atoms with Crippen LogP contribution in [0.4, 0.5) is 0 Å². The highest BCUT2D eigenvalue weighted by molar-refractivity contribution is 6.04. The number of benzene rings is 2. The topological polar surface area (TPSA) is 67.9 Å². The van der Waals surface area contributed by atoms with E-state index in [1.54, 1.807) is 11.0 Å². The number of carbonyl (C=O) groups is 2. The summed E-state index contributed by atoms with van der Waals surface area (Å²) in [6, 6.07) is 12.6. The van der Waals surface area contributed by atoms with Gasteiger partial charge in [-0.25, -0.2) is 0 Å². The van der Waals surface area contributed by atoms with Crippen LogP contribution in [0, 0.1) is 0 Å². The van der Waals surface area contributed by atoms with Gasteiger partial charge in [0.15, 0.2) is 11.5 Å². The number of amides is 2. The molecule has 2 aliphatic rings. The van der Waals surface area contributed by atoms with Crippen LogP contribution in [0.2, 0.25) is 0 Å². The minimum Gasteiger partial charge on any atom is -0.454 e. The maximum Gasteiger partial charge on any atom is 0.255 e. The van der Waals surface area contributed by atoms with E-state index in [9.17, 15) is 9.59 Å². The summed E-state index contributed by atoms with van der Waals surface area (Å²) in [5, 5.41) is 2.98. The first kappa shape index (κ1) is 18.3. The van der Waals surface area contributed by atoms with Crippen LogP contribution in [0.3, 0.4) is 0 Å². The number of nitrogens with one attached hydrogen (secondary N) is 1. The van der Waals surface area contributed by atoms with Crippen LogP contribution in [-0.2, 0) is 11.2 Å². The zero-order valence-corrected chi connectivity index (χ0v) is 15.9. The van der Waals surface area contributed by atoms with Gasteiger partial charge in [0.25, 0.3) is 5.91 Å². The van der Waals surface area contributed by atoms with Crippen molar-refractivity contribution in [3.8, 4) is 11.5 Å². The van der Waals surface area contributed by atoms with E-state index in [0.29, 0.717) is 25.1 Å². The Morgan fingerprint density at radius 3 is 2.86 bits per heavy atom. The van der Waals surface area contributed by atoms with Gasteiger partial charge >= 0.3 is 0 Å². The number of ether oxygens (including phenoxy) is 2. The molecule has 1 N–H and O–H groups in total. The molecule has 0 fully saturated rings. The van der Waals surface area contributed by atoms with E-state index in [2.05, 4.69) is 12.2 Å². The first-order valence-corrected chi connectivity index (χ1v) is 9.75. The van der Waals surface area contributed by atoms with Crippen molar-refractivity contribution in [2.45, 2.75) is 32.2 Å². The lowest BCUT2D eigenvalue weighted by Crippen LogP contribution is -2.40. The summed E-state index contributed by atoms with van der Waals surface area (Å²) >= 11 is 0. The molecule has 0 saturated carbocycles. The van der Waals surface area contributed by atoms with Gasteiger partial charge in [-0.3, -0.25) is 9.59 Å². The summed E-state index contributed by atoms with van der Waals surface area (Å²) in [4.78, 5) is 27.5. The largest absolute Gasteiger partial charge is 0.454 e. The lowest BCUT2D eigenvalue weighted by atomic mass is 10.0. The van der Waals surface area contributed by atoms with Crippen molar-refractivity contribution in [2.24, 2.45) is 0 Å². The Labute approximate surface area is 164 Å². The summed E-state index contributed by atoms with van der Waals surface area (Å²) in [6.45, 7) is 3.40. The fourth-order valence-corrected chi connectivity index (χ4v) is 3.71. The maximum absolute atomic E-state index is 13.0. The molecule has 1 unspecified atom stereocenters. The standard InChI is InChI=1S/C22H24N2O4/c1-2-3-11-23-21(25)20-16-6-4-5-7-17(16)22(26)24(20)12-10-15-8-9-18-19(13-15)28-14-27-18/h4-9,13,20H,2-3,10-12,14H2,1H3,(H,23,25). The van der Waals surface area contributed by atoms with Gasteiger partial charge in [-0.2, -0.15) is 0 Å². The van der Waals surface area contributed by atoms with Crippen molar-refractivity contribution in [2.75, 3.05) is 19.9 Å². The minimum atomic E-state index is -0.574. The van der Waals surface area contributed by atoms with Crippen LogP contribution < -0.4 is 14.8 Å². The average Bonchev–Trinajstić information content (AvgIpc) is 3.29. The molecule has 2 aliphatic heterocycles. The molecule has 1 atom stereocenters. The Morgan fingerprint density at radius 2 is 2.00 bits per heavy atom. The third kappa shape index (κ3) is 3.42. The molecule has 146 valence electrons. The second-order valence-corrected chi connectivity index (χ2v) is 7.07. The highest BCUT2D eigenvalue weighted by Gasteiger charge is 2.40. The molecule has 2 heterocycles. The summed E-state index contributed by atoms with van der Waals surface area (Å²) in [5.41, 5.74) is 2.44. The van der Waals surface area contributed by atoms with Crippen molar-refractivity contribution < 1.29 is 19.1 Å². The third-order valence-electron chi connectivity index (χ3n) is 5.21. The molecule has 2 aromatic rings. The predicted molar refractivity (Wildman–Crippen MR) is 104 cm³/mol. The van der Waals surface area contributed by atoms with E-state index < -0.39 is 6.04 Å². The second kappa shape index (κ2) is 7.92. The van der Waals surface area contributed by atoms with E-state index in [-0.39, 0.29) is 18.6 Å². The number of unbranched alkanes of at least 4 members (excludes halogenated alkanes) is 1. The van der Waals surface area contributed by atoms with E-state index in [0.717, 1.165) is 35.5 Å². The molecule has 2 amide bonds. The lowest BCUT2D eigenvalue weighted by molar-refractivity contribution is -0.125. The zero-order chi connectivity index (χ0) is 19.5. The van der Waals surface area contributed by atoms with Crippen LogP contribution in [-0.4, -0.2) is 36.6 Å². The molecular weight excluding hydrogens is 356 g/mol. The van der Waals surface area contributed by atoms with Gasteiger partial charge in [0.1, 0.15) is 6.04 Å². The molecule has 4 rings (SSSR count). The molecule has 0 radical (unpaired) electrons. The van der Waals surface area contributed by atoms with Crippen LogP contribution in [0.5, 0.6) is 11.5 Å². The first-order chi connectivity index (χ1) is 13.7. The van der Waals surface area contributed by atoms with E-state index in [4.69, 9.17) is 9.47 Å². The van der Waals surface area contributed by atoms with Crippen LogP contribution >= 0.6 is 0 Å². The van der Waals surface area contributed by atoms with Crippen molar-refractivity contribution in [3.05, 3.63) is 59.2 Å². The van der Waals surface area contributed by atoms with Gasteiger partial charge in [0.05, 0.1) is 0 Å². The van der Waals surface area contributed by atoms with E-state index in [1.165, 1.54) is 0 Å². The monoisotopic (exact) mass is 380 g/mol.